The smallest absolute Gasteiger partial charge is 0.288 e. The van der Waals surface area contributed by atoms with Crippen LogP contribution in [0.1, 0.15) is 36.0 Å². The van der Waals surface area contributed by atoms with Crippen molar-refractivity contribution in [2.75, 3.05) is 0 Å². The number of aromatic nitrogens is 1. The third kappa shape index (κ3) is 2.70. The van der Waals surface area contributed by atoms with Crippen LogP contribution in [-0.2, 0) is 0 Å². The molecule has 20 heavy (non-hydrogen) atoms. The van der Waals surface area contributed by atoms with Gasteiger partial charge in [-0.2, -0.15) is 5.26 Å². The molecule has 7 nitrogen and oxygen atoms in total. The molecular weight excluding hydrogens is 284 g/mol. The Morgan fingerprint density at radius 2 is 2.20 bits per heavy atom. The van der Waals surface area contributed by atoms with Crippen LogP contribution in [0.4, 0.5) is 5.69 Å². The fourth-order valence-electron chi connectivity index (χ4n) is 2.22. The van der Waals surface area contributed by atoms with Crippen molar-refractivity contribution in [2.24, 2.45) is 0 Å². The molecule has 0 aliphatic heterocycles. The van der Waals surface area contributed by atoms with Crippen molar-refractivity contribution in [2.45, 2.75) is 31.2 Å². The molecule has 0 unspecified atom stereocenters. The van der Waals surface area contributed by atoms with Gasteiger partial charge in [0.15, 0.2) is 0 Å². The molecule has 104 valence electrons. The summed E-state index contributed by atoms with van der Waals surface area (Å²) in [6.45, 7) is 0. The van der Waals surface area contributed by atoms with E-state index in [1.165, 1.54) is 0 Å². The fourth-order valence-corrected chi connectivity index (χ4v) is 2.41. The largest absolute Gasteiger partial charge is 0.334 e. The third-order valence-corrected chi connectivity index (χ3v) is 3.61. The average Bonchev–Trinajstić information content (AvgIpc) is 2.88. The molecule has 2 rings (SSSR count). The first-order valence-corrected chi connectivity index (χ1v) is 6.39. The van der Waals surface area contributed by atoms with Crippen molar-refractivity contribution >= 4 is 23.2 Å². The number of hydrogen-bond acceptors (Lipinski definition) is 5. The highest BCUT2D eigenvalue weighted by Gasteiger charge is 2.36. The monoisotopic (exact) mass is 294 g/mol. The molecule has 0 radical (unpaired) electrons. The number of amides is 1. The second kappa shape index (κ2) is 5.43. The number of nitriles is 1. The van der Waals surface area contributed by atoms with Crippen LogP contribution in [0.5, 0.6) is 0 Å². The molecule has 8 heteroatoms. The Bertz CT molecular complexity index is 605. The van der Waals surface area contributed by atoms with Crippen molar-refractivity contribution < 1.29 is 9.72 Å². The Labute approximate surface area is 119 Å². The van der Waals surface area contributed by atoms with Crippen LogP contribution in [0.15, 0.2) is 12.3 Å². The molecule has 1 amide bonds. The van der Waals surface area contributed by atoms with E-state index < -0.39 is 16.4 Å². The number of rotatable bonds is 3. The van der Waals surface area contributed by atoms with Gasteiger partial charge >= 0.3 is 0 Å². The van der Waals surface area contributed by atoms with E-state index in [1.54, 1.807) is 0 Å². The summed E-state index contributed by atoms with van der Waals surface area (Å²) in [5.74, 6) is -0.616. The molecule has 1 fully saturated rings. The predicted molar refractivity (Wildman–Crippen MR) is 70.2 cm³/mol. The van der Waals surface area contributed by atoms with Gasteiger partial charge in [0.05, 0.1) is 16.6 Å². The molecule has 1 saturated carbocycles. The zero-order valence-electron chi connectivity index (χ0n) is 10.4. The maximum absolute atomic E-state index is 12.2. The van der Waals surface area contributed by atoms with Crippen molar-refractivity contribution in [1.82, 2.24) is 10.3 Å². The topological polar surface area (TPSA) is 109 Å². The number of carbonyl (C=O) groups excluding carboxylic acids is 1. The average molecular weight is 295 g/mol. The number of hydrogen-bond donors (Lipinski definition) is 1. The molecule has 1 aromatic heterocycles. The Morgan fingerprint density at radius 1 is 1.55 bits per heavy atom. The van der Waals surface area contributed by atoms with Crippen molar-refractivity contribution in [3.63, 3.8) is 0 Å². The van der Waals surface area contributed by atoms with Crippen LogP contribution in [0.3, 0.4) is 0 Å². The minimum absolute atomic E-state index is 0.0950. The van der Waals surface area contributed by atoms with E-state index >= 15 is 0 Å². The number of pyridine rings is 1. The lowest BCUT2D eigenvalue weighted by molar-refractivity contribution is -0.385. The van der Waals surface area contributed by atoms with Gasteiger partial charge in [-0.15, -0.1) is 0 Å². The maximum Gasteiger partial charge on any atom is 0.288 e. The minimum atomic E-state index is -0.912. The van der Waals surface area contributed by atoms with Gasteiger partial charge < -0.3 is 5.32 Å². The van der Waals surface area contributed by atoms with Crippen molar-refractivity contribution in [3.8, 4) is 6.07 Å². The van der Waals surface area contributed by atoms with Crippen molar-refractivity contribution in [3.05, 3.63) is 33.1 Å². The Hall–Kier alpha value is -2.20. The van der Waals surface area contributed by atoms with Gasteiger partial charge in [-0.25, -0.2) is 4.98 Å². The summed E-state index contributed by atoms with van der Waals surface area (Å²) < 4.78 is 0. The fraction of sp³-hybridized carbons (Fsp3) is 0.417. The van der Waals surface area contributed by atoms with Crippen molar-refractivity contribution in [1.29, 1.82) is 5.26 Å². The summed E-state index contributed by atoms with van der Waals surface area (Å²) in [5, 5.41) is 22.4. The summed E-state index contributed by atoms with van der Waals surface area (Å²) in [6.07, 6.45) is 3.82. The lowest BCUT2D eigenvalue weighted by Crippen LogP contribution is -2.45. The Morgan fingerprint density at radius 3 is 2.75 bits per heavy atom. The Kier molecular flexibility index (Phi) is 3.86. The van der Waals surface area contributed by atoms with Gasteiger partial charge in [0.25, 0.3) is 11.6 Å². The van der Waals surface area contributed by atoms with E-state index in [1.807, 2.05) is 0 Å². The lowest BCUT2D eigenvalue weighted by atomic mass is 9.99. The van der Waals surface area contributed by atoms with Crippen LogP contribution in [0, 0.1) is 21.4 Å². The zero-order valence-corrected chi connectivity index (χ0v) is 11.2. The molecule has 1 aromatic rings. The van der Waals surface area contributed by atoms with Gasteiger partial charge in [0.2, 0.25) is 0 Å². The van der Waals surface area contributed by atoms with Crippen LogP contribution in [0.2, 0.25) is 5.15 Å². The molecule has 1 aliphatic carbocycles. The van der Waals surface area contributed by atoms with E-state index in [9.17, 15) is 20.2 Å². The molecule has 0 atom stereocenters. The van der Waals surface area contributed by atoms with Crippen LogP contribution < -0.4 is 5.32 Å². The number of halogens is 1. The quantitative estimate of drug-likeness (QED) is 0.522. The van der Waals surface area contributed by atoms with E-state index in [4.69, 9.17) is 11.6 Å². The summed E-state index contributed by atoms with van der Waals surface area (Å²) in [5.41, 5.74) is -1.33. The number of nitrogens with zero attached hydrogens (tertiary/aromatic N) is 3. The SMILES string of the molecule is N#CC1(NC(=O)c2cc([N+](=O)[O-])cnc2Cl)CCCC1. The summed E-state index contributed by atoms with van der Waals surface area (Å²) in [4.78, 5) is 25.8. The zero-order chi connectivity index (χ0) is 14.8. The number of nitrogens with one attached hydrogen (secondary N) is 1. The lowest BCUT2D eigenvalue weighted by Gasteiger charge is -2.21. The van der Waals surface area contributed by atoms with Gasteiger partial charge in [-0.05, 0) is 25.7 Å². The standard InChI is InChI=1S/C12H11ClN4O3/c13-10-9(5-8(6-15-10)17(19)20)11(18)16-12(7-14)3-1-2-4-12/h5-6H,1-4H2,(H,16,18). The molecular formula is C12H11ClN4O3. The maximum atomic E-state index is 12.2. The van der Waals surface area contributed by atoms with Crippen LogP contribution in [-0.4, -0.2) is 21.4 Å². The first-order chi connectivity index (χ1) is 9.47. The first-order valence-electron chi connectivity index (χ1n) is 6.01. The van der Waals surface area contributed by atoms with Gasteiger partial charge in [-0.3, -0.25) is 14.9 Å². The second-order valence-corrected chi connectivity index (χ2v) is 5.00. The van der Waals surface area contributed by atoms with Crippen LogP contribution >= 0.6 is 11.6 Å². The highest BCUT2D eigenvalue weighted by atomic mass is 35.5. The third-order valence-electron chi connectivity index (χ3n) is 3.30. The molecule has 1 heterocycles. The molecule has 0 aromatic carbocycles. The number of nitro groups is 1. The van der Waals surface area contributed by atoms with E-state index in [-0.39, 0.29) is 16.4 Å². The number of carbonyl (C=O) groups is 1. The van der Waals surface area contributed by atoms with Gasteiger partial charge in [0.1, 0.15) is 16.9 Å². The Balaban J connectivity index is 2.27. The van der Waals surface area contributed by atoms with E-state index in [0.29, 0.717) is 12.8 Å². The summed E-state index contributed by atoms with van der Waals surface area (Å²) in [7, 11) is 0. The minimum Gasteiger partial charge on any atom is -0.334 e. The molecule has 1 aliphatic rings. The van der Waals surface area contributed by atoms with Gasteiger partial charge in [0, 0.05) is 6.07 Å². The molecule has 0 saturated heterocycles. The highest BCUT2D eigenvalue weighted by molar-refractivity contribution is 6.32. The highest BCUT2D eigenvalue weighted by Crippen LogP contribution is 2.30. The normalized spacial score (nSPS) is 16.4. The summed E-state index contributed by atoms with van der Waals surface area (Å²) >= 11 is 5.79. The molecule has 1 N–H and O–H groups in total. The first kappa shape index (κ1) is 14.2. The van der Waals surface area contributed by atoms with E-state index in [0.717, 1.165) is 25.1 Å². The van der Waals surface area contributed by atoms with E-state index in [2.05, 4.69) is 16.4 Å². The second-order valence-electron chi connectivity index (χ2n) is 4.64. The summed E-state index contributed by atoms with van der Waals surface area (Å²) in [6, 6.07) is 3.17. The van der Waals surface area contributed by atoms with Crippen LogP contribution in [0.25, 0.3) is 0 Å². The molecule has 0 bridgehead atoms. The predicted octanol–water partition coefficient (Wildman–Crippen LogP) is 2.21. The van der Waals surface area contributed by atoms with Gasteiger partial charge in [-0.1, -0.05) is 11.6 Å². The molecule has 0 spiro atoms.